The summed E-state index contributed by atoms with van der Waals surface area (Å²) in [5.74, 6) is -0.847. The van der Waals surface area contributed by atoms with E-state index >= 15 is 0 Å². The van der Waals surface area contributed by atoms with Crippen molar-refractivity contribution in [1.29, 1.82) is 0 Å². The van der Waals surface area contributed by atoms with Crippen LogP contribution in [0.4, 0.5) is 0 Å². The van der Waals surface area contributed by atoms with Crippen LogP contribution in [0.15, 0.2) is 48.6 Å². The number of phosphoric ester groups is 1. The number of carbonyl (C=O) groups is 2. The minimum atomic E-state index is -4.39. The second-order valence-electron chi connectivity index (χ2n) is 13.0. The predicted molar refractivity (Wildman–Crippen MR) is 212 cm³/mol. The van der Waals surface area contributed by atoms with Gasteiger partial charge in [0.25, 0.3) is 0 Å². The first kappa shape index (κ1) is 49.3. The summed E-state index contributed by atoms with van der Waals surface area (Å²) in [4.78, 5) is 34.8. The highest BCUT2D eigenvalue weighted by atomic mass is 35.5. The molecule has 0 heterocycles. The monoisotopic (exact) mass is 758 g/mol. The normalized spacial score (nSPS) is 13.9. The van der Waals surface area contributed by atoms with Gasteiger partial charge in [0.15, 0.2) is 6.10 Å². The summed E-state index contributed by atoms with van der Waals surface area (Å²) in [6.07, 6.45) is 41.3. The van der Waals surface area contributed by atoms with Gasteiger partial charge in [-0.3, -0.25) is 18.6 Å². The van der Waals surface area contributed by atoms with E-state index in [1.165, 1.54) is 51.4 Å². The molecule has 0 spiro atoms. The van der Waals surface area contributed by atoms with Crippen molar-refractivity contribution in [1.82, 2.24) is 0 Å². The van der Waals surface area contributed by atoms with Crippen LogP contribution in [0.25, 0.3) is 0 Å². The number of esters is 2. The Morgan fingerprint density at radius 3 is 1.49 bits per heavy atom. The van der Waals surface area contributed by atoms with Gasteiger partial charge in [-0.2, -0.15) is 0 Å². The highest BCUT2D eigenvalue weighted by molar-refractivity contribution is 7.47. The number of unbranched alkanes of at least 4 members (excludes halogenated alkanes) is 16. The van der Waals surface area contributed by atoms with E-state index < -0.39 is 32.5 Å². The Morgan fingerprint density at radius 1 is 0.588 bits per heavy atom. The molecule has 296 valence electrons. The third-order valence-electron chi connectivity index (χ3n) is 8.15. The summed E-state index contributed by atoms with van der Waals surface area (Å²) in [6, 6.07) is 0. The van der Waals surface area contributed by atoms with Crippen LogP contribution >= 0.6 is 19.4 Å². The maximum atomic E-state index is 12.5. The zero-order chi connectivity index (χ0) is 37.5. The van der Waals surface area contributed by atoms with Crippen LogP contribution in [0.3, 0.4) is 0 Å². The Balaban J connectivity index is 4.26. The third kappa shape index (κ3) is 37.9. The van der Waals surface area contributed by atoms with E-state index in [0.717, 1.165) is 77.0 Å². The molecule has 8 nitrogen and oxygen atoms in total. The molecule has 0 bridgehead atoms. The molecular formula is C41H72ClO8P. The number of carbonyl (C=O) groups excluding carboxylic acids is 2. The quantitative estimate of drug-likeness (QED) is 0.0219. The van der Waals surface area contributed by atoms with Gasteiger partial charge in [-0.15, -0.1) is 11.6 Å². The van der Waals surface area contributed by atoms with Crippen molar-refractivity contribution in [3.63, 3.8) is 0 Å². The fourth-order valence-corrected chi connectivity index (χ4v) is 6.08. The largest absolute Gasteiger partial charge is 0.472 e. The van der Waals surface area contributed by atoms with E-state index in [2.05, 4.69) is 62.5 Å². The zero-order valence-electron chi connectivity index (χ0n) is 32.1. The molecule has 0 saturated heterocycles. The summed E-state index contributed by atoms with van der Waals surface area (Å²) in [7, 11) is -4.39. The van der Waals surface area contributed by atoms with E-state index in [4.69, 9.17) is 30.1 Å². The molecule has 0 aromatic carbocycles. The van der Waals surface area contributed by atoms with Gasteiger partial charge in [0.2, 0.25) is 0 Å². The van der Waals surface area contributed by atoms with Gasteiger partial charge in [0.05, 0.1) is 13.2 Å². The molecule has 2 atom stereocenters. The predicted octanol–water partition coefficient (Wildman–Crippen LogP) is 12.4. The molecular weight excluding hydrogens is 687 g/mol. The molecule has 0 radical (unpaired) electrons. The lowest BCUT2D eigenvalue weighted by Crippen LogP contribution is -2.29. The smallest absolute Gasteiger partial charge is 0.462 e. The Kier molecular flexibility index (Phi) is 36.8. The molecule has 10 heteroatoms. The van der Waals surface area contributed by atoms with E-state index in [1.807, 2.05) is 0 Å². The van der Waals surface area contributed by atoms with Gasteiger partial charge >= 0.3 is 19.8 Å². The Morgan fingerprint density at radius 2 is 1.02 bits per heavy atom. The van der Waals surface area contributed by atoms with E-state index in [9.17, 15) is 19.0 Å². The second-order valence-corrected chi connectivity index (χ2v) is 14.9. The number of hydrogen-bond donors (Lipinski definition) is 1. The topological polar surface area (TPSA) is 108 Å². The highest BCUT2D eigenvalue weighted by Gasteiger charge is 2.26. The molecule has 1 N–H and O–H groups in total. The van der Waals surface area contributed by atoms with Gasteiger partial charge in [-0.25, -0.2) is 4.57 Å². The summed E-state index contributed by atoms with van der Waals surface area (Å²) in [5, 5.41) is 0. The second kappa shape index (κ2) is 38.0. The van der Waals surface area contributed by atoms with Crippen LogP contribution in [0, 0.1) is 0 Å². The number of rotatable bonds is 37. The molecule has 0 aliphatic rings. The fraction of sp³-hybridized carbons (Fsp3) is 0.756. The van der Waals surface area contributed by atoms with Crippen LogP contribution in [0.5, 0.6) is 0 Å². The SMILES string of the molecule is CCCCC/C=C\C/C=C\CCCCCCCC(=O)OC[C@H](COP(=O)(O)OCCCl)OC(=O)CCCCCCC/C=C\C/C=C\CCCCC. The third-order valence-corrected chi connectivity index (χ3v) is 9.29. The van der Waals surface area contributed by atoms with E-state index in [0.29, 0.717) is 12.8 Å². The molecule has 0 rings (SSSR count). The highest BCUT2D eigenvalue weighted by Crippen LogP contribution is 2.43. The summed E-state index contributed by atoms with van der Waals surface area (Å²) in [6.45, 7) is 3.57. The molecule has 1 unspecified atom stereocenters. The van der Waals surface area contributed by atoms with Crippen molar-refractivity contribution in [3.8, 4) is 0 Å². The minimum absolute atomic E-state index is 0.0195. The van der Waals surface area contributed by atoms with Crippen molar-refractivity contribution in [2.45, 2.75) is 174 Å². The average molecular weight is 759 g/mol. The van der Waals surface area contributed by atoms with E-state index in [-0.39, 0.29) is 31.9 Å². The molecule has 0 fully saturated rings. The Labute approximate surface area is 316 Å². The summed E-state index contributed by atoms with van der Waals surface area (Å²) >= 11 is 5.53. The van der Waals surface area contributed by atoms with Crippen molar-refractivity contribution >= 4 is 31.4 Å². The number of phosphoric acid groups is 1. The van der Waals surface area contributed by atoms with Gasteiger partial charge < -0.3 is 14.4 Å². The fourth-order valence-electron chi connectivity index (χ4n) is 5.15. The molecule has 0 amide bonds. The van der Waals surface area contributed by atoms with Crippen molar-refractivity contribution < 1.29 is 37.6 Å². The van der Waals surface area contributed by atoms with Crippen molar-refractivity contribution in [2.75, 3.05) is 25.7 Å². The maximum absolute atomic E-state index is 12.5. The Hall–Kier alpha value is -1.70. The van der Waals surface area contributed by atoms with Gasteiger partial charge in [0.1, 0.15) is 6.61 Å². The standard InChI is InChI=1S/C41H72ClO8P/c1-3-5-7-9-11-13-15-17-19-21-23-25-27-29-31-33-40(43)47-37-39(38-49-51(45,46)48-36-35-42)50-41(44)34-32-30-28-26-24-22-20-18-16-14-12-10-8-6-4-2/h11-14,17-20,39H,3-10,15-16,21-38H2,1-2H3,(H,45,46)/b13-11-,14-12-,19-17-,20-18-/t39-/m1/s1. The first-order chi connectivity index (χ1) is 24.8. The van der Waals surface area contributed by atoms with E-state index in [1.54, 1.807) is 0 Å². The molecule has 0 aromatic heterocycles. The maximum Gasteiger partial charge on any atom is 0.472 e. The van der Waals surface area contributed by atoms with Crippen LogP contribution < -0.4 is 0 Å². The van der Waals surface area contributed by atoms with Crippen molar-refractivity contribution in [2.24, 2.45) is 0 Å². The van der Waals surface area contributed by atoms with Crippen LogP contribution in [-0.4, -0.2) is 48.6 Å². The average Bonchev–Trinajstić information content (AvgIpc) is 3.11. The molecule has 0 aliphatic carbocycles. The number of allylic oxidation sites excluding steroid dienone is 8. The minimum Gasteiger partial charge on any atom is -0.462 e. The molecule has 0 aliphatic heterocycles. The molecule has 51 heavy (non-hydrogen) atoms. The zero-order valence-corrected chi connectivity index (χ0v) is 33.8. The first-order valence-electron chi connectivity index (χ1n) is 20.0. The van der Waals surface area contributed by atoms with Crippen molar-refractivity contribution in [3.05, 3.63) is 48.6 Å². The van der Waals surface area contributed by atoms with Crippen LogP contribution in [-0.2, 0) is 32.7 Å². The number of halogens is 1. The van der Waals surface area contributed by atoms with Gasteiger partial charge in [0, 0.05) is 18.7 Å². The lowest BCUT2D eigenvalue weighted by molar-refractivity contribution is -0.161. The van der Waals surface area contributed by atoms with Gasteiger partial charge in [-0.05, 0) is 77.0 Å². The molecule has 0 aromatic rings. The Bertz CT molecular complexity index is 981. The summed E-state index contributed by atoms with van der Waals surface area (Å²) < 4.78 is 32.7. The lowest BCUT2D eigenvalue weighted by atomic mass is 10.1. The van der Waals surface area contributed by atoms with Crippen LogP contribution in [0.1, 0.15) is 168 Å². The number of ether oxygens (including phenoxy) is 2. The number of hydrogen-bond acceptors (Lipinski definition) is 7. The van der Waals surface area contributed by atoms with Crippen LogP contribution in [0.2, 0.25) is 0 Å². The number of alkyl halides is 1. The van der Waals surface area contributed by atoms with Gasteiger partial charge in [-0.1, -0.05) is 127 Å². The summed E-state index contributed by atoms with van der Waals surface area (Å²) in [5.41, 5.74) is 0. The molecule has 0 saturated carbocycles. The lowest BCUT2D eigenvalue weighted by Gasteiger charge is -2.19. The first-order valence-corrected chi connectivity index (χ1v) is 22.0.